The fraction of sp³-hybridized carbons (Fsp3) is 0.500. The first kappa shape index (κ1) is 15.6. The van der Waals surface area contributed by atoms with E-state index in [1.807, 2.05) is 0 Å². The van der Waals surface area contributed by atoms with Crippen LogP contribution >= 0.6 is 0 Å². The molecule has 0 saturated heterocycles. The lowest BCUT2D eigenvalue weighted by atomic mass is 9.82. The maximum atomic E-state index is 12.4. The van der Waals surface area contributed by atoms with Gasteiger partial charge in [-0.05, 0) is 26.3 Å². The lowest BCUT2D eigenvalue weighted by Crippen LogP contribution is -2.33. The Morgan fingerprint density at radius 3 is 2.16 bits per heavy atom. The summed E-state index contributed by atoms with van der Waals surface area (Å²) in [5, 5.41) is 10.2. The molecule has 0 radical (unpaired) electrons. The Balaban J connectivity index is 2.92. The van der Waals surface area contributed by atoms with Crippen LogP contribution in [0.25, 0.3) is 0 Å². The number of benzene rings is 1. The molecule has 0 aromatic heterocycles. The molecular formula is C14H18F2O3. The van der Waals surface area contributed by atoms with Crippen LogP contribution in [0.15, 0.2) is 24.3 Å². The van der Waals surface area contributed by atoms with Gasteiger partial charge in [-0.15, -0.1) is 0 Å². The maximum absolute atomic E-state index is 12.4. The summed E-state index contributed by atoms with van der Waals surface area (Å²) < 4.78 is 29.7. The molecular weight excluding hydrogens is 254 g/mol. The van der Waals surface area contributed by atoms with Gasteiger partial charge in [0, 0.05) is 5.56 Å². The largest absolute Gasteiger partial charge is 0.465 e. The molecule has 0 fully saturated rings. The average Bonchev–Trinajstić information content (AvgIpc) is 2.38. The number of carbonyl (C=O) groups excluding carboxylic acids is 1. The molecule has 1 atom stereocenters. The van der Waals surface area contributed by atoms with Crippen molar-refractivity contribution in [3.8, 4) is 0 Å². The summed E-state index contributed by atoms with van der Waals surface area (Å²) in [6, 6.07) is 5.27. The number of alkyl halides is 2. The SMILES string of the molecule is CCOC(=O)C(C)(C)C(O)c1ccc(C(F)F)cc1. The van der Waals surface area contributed by atoms with Crippen molar-refractivity contribution < 1.29 is 23.4 Å². The smallest absolute Gasteiger partial charge is 0.314 e. The van der Waals surface area contributed by atoms with Gasteiger partial charge in [0.25, 0.3) is 6.43 Å². The van der Waals surface area contributed by atoms with Gasteiger partial charge in [0.15, 0.2) is 0 Å². The van der Waals surface area contributed by atoms with Crippen molar-refractivity contribution in [3.05, 3.63) is 35.4 Å². The van der Waals surface area contributed by atoms with E-state index in [0.29, 0.717) is 5.56 Å². The average molecular weight is 272 g/mol. The predicted octanol–water partition coefficient (Wildman–Crippen LogP) is 3.25. The second kappa shape index (κ2) is 6.10. The molecule has 1 unspecified atom stereocenters. The van der Waals surface area contributed by atoms with E-state index in [1.165, 1.54) is 24.3 Å². The lowest BCUT2D eigenvalue weighted by Gasteiger charge is -2.28. The third-order valence-electron chi connectivity index (χ3n) is 2.99. The van der Waals surface area contributed by atoms with E-state index >= 15 is 0 Å². The summed E-state index contributed by atoms with van der Waals surface area (Å²) in [7, 11) is 0. The number of hydrogen-bond donors (Lipinski definition) is 1. The van der Waals surface area contributed by atoms with Gasteiger partial charge in [0.1, 0.15) is 0 Å². The Morgan fingerprint density at radius 2 is 1.74 bits per heavy atom. The van der Waals surface area contributed by atoms with Crippen LogP contribution < -0.4 is 0 Å². The molecule has 19 heavy (non-hydrogen) atoms. The Morgan fingerprint density at radius 1 is 1.26 bits per heavy atom. The molecule has 0 heterocycles. The van der Waals surface area contributed by atoms with Crippen LogP contribution in [0.4, 0.5) is 8.78 Å². The van der Waals surface area contributed by atoms with Crippen LogP contribution in [0.5, 0.6) is 0 Å². The number of carbonyl (C=O) groups is 1. The number of hydrogen-bond acceptors (Lipinski definition) is 3. The first-order valence-corrected chi connectivity index (χ1v) is 6.04. The van der Waals surface area contributed by atoms with E-state index < -0.39 is 23.9 Å². The van der Waals surface area contributed by atoms with Gasteiger partial charge in [-0.2, -0.15) is 0 Å². The minimum atomic E-state index is -2.55. The summed E-state index contributed by atoms with van der Waals surface area (Å²) in [5.41, 5.74) is -0.852. The number of halogens is 2. The van der Waals surface area contributed by atoms with Crippen LogP contribution in [-0.4, -0.2) is 17.7 Å². The van der Waals surface area contributed by atoms with Crippen LogP contribution in [0.2, 0.25) is 0 Å². The van der Waals surface area contributed by atoms with Gasteiger partial charge >= 0.3 is 5.97 Å². The molecule has 0 aliphatic carbocycles. The first-order valence-electron chi connectivity index (χ1n) is 6.04. The van der Waals surface area contributed by atoms with Gasteiger partial charge in [0.05, 0.1) is 18.1 Å². The second-order valence-electron chi connectivity index (χ2n) is 4.81. The molecule has 1 aromatic carbocycles. The highest BCUT2D eigenvalue weighted by atomic mass is 19.3. The highest BCUT2D eigenvalue weighted by Gasteiger charge is 2.38. The zero-order chi connectivity index (χ0) is 14.6. The lowest BCUT2D eigenvalue weighted by molar-refractivity contribution is -0.160. The molecule has 0 aliphatic rings. The van der Waals surface area contributed by atoms with Gasteiger partial charge in [-0.3, -0.25) is 4.79 Å². The molecule has 0 amide bonds. The highest BCUT2D eigenvalue weighted by Crippen LogP contribution is 2.35. The third kappa shape index (κ3) is 3.50. The summed E-state index contributed by atoms with van der Waals surface area (Å²) in [4.78, 5) is 11.8. The van der Waals surface area contributed by atoms with Crippen molar-refractivity contribution in [1.82, 2.24) is 0 Å². The van der Waals surface area contributed by atoms with Crippen molar-refractivity contribution in [3.63, 3.8) is 0 Å². The Labute approximate surface area is 111 Å². The zero-order valence-electron chi connectivity index (χ0n) is 11.2. The van der Waals surface area contributed by atoms with Crippen LogP contribution in [0.3, 0.4) is 0 Å². The standard InChI is InChI=1S/C14H18F2O3/c1-4-19-13(18)14(2,3)11(17)9-5-7-10(8-6-9)12(15)16/h5-8,11-12,17H,4H2,1-3H3. The van der Waals surface area contributed by atoms with Gasteiger partial charge < -0.3 is 9.84 Å². The van der Waals surface area contributed by atoms with Crippen molar-refractivity contribution in [2.24, 2.45) is 5.41 Å². The Bertz CT molecular complexity index is 427. The number of esters is 1. The fourth-order valence-corrected chi connectivity index (χ4v) is 1.67. The maximum Gasteiger partial charge on any atom is 0.314 e. The van der Waals surface area contributed by atoms with Gasteiger partial charge in [-0.25, -0.2) is 8.78 Å². The quantitative estimate of drug-likeness (QED) is 0.837. The van der Waals surface area contributed by atoms with E-state index in [9.17, 15) is 18.7 Å². The molecule has 5 heteroatoms. The predicted molar refractivity (Wildman–Crippen MR) is 66.8 cm³/mol. The van der Waals surface area contributed by atoms with Gasteiger partial charge in [-0.1, -0.05) is 24.3 Å². The summed E-state index contributed by atoms with van der Waals surface area (Å²) in [6.07, 6.45) is -3.66. The van der Waals surface area contributed by atoms with Gasteiger partial charge in [0.2, 0.25) is 0 Å². The minimum absolute atomic E-state index is 0.120. The number of aliphatic hydroxyl groups is 1. The normalized spacial score (nSPS) is 13.4. The number of rotatable bonds is 5. The van der Waals surface area contributed by atoms with Crippen molar-refractivity contribution in [2.75, 3.05) is 6.61 Å². The molecule has 1 N–H and O–H groups in total. The van der Waals surface area contributed by atoms with E-state index in [1.54, 1.807) is 20.8 Å². The van der Waals surface area contributed by atoms with E-state index in [-0.39, 0.29) is 12.2 Å². The molecule has 0 spiro atoms. The summed E-state index contributed by atoms with van der Waals surface area (Å²) in [6.45, 7) is 5.00. The second-order valence-corrected chi connectivity index (χ2v) is 4.81. The first-order chi connectivity index (χ1) is 8.80. The summed E-state index contributed by atoms with van der Waals surface area (Å²) in [5.74, 6) is -0.527. The van der Waals surface area contributed by atoms with Crippen LogP contribution in [-0.2, 0) is 9.53 Å². The topological polar surface area (TPSA) is 46.5 Å². The molecule has 1 aromatic rings. The monoisotopic (exact) mass is 272 g/mol. The van der Waals surface area contributed by atoms with Crippen molar-refractivity contribution >= 4 is 5.97 Å². The van der Waals surface area contributed by atoms with Crippen LogP contribution in [0, 0.1) is 5.41 Å². The van der Waals surface area contributed by atoms with E-state index in [2.05, 4.69) is 0 Å². The van der Waals surface area contributed by atoms with E-state index in [0.717, 1.165) is 0 Å². The number of ether oxygens (including phenoxy) is 1. The molecule has 1 rings (SSSR count). The molecule has 0 bridgehead atoms. The fourth-order valence-electron chi connectivity index (χ4n) is 1.67. The zero-order valence-corrected chi connectivity index (χ0v) is 11.2. The number of aliphatic hydroxyl groups excluding tert-OH is 1. The van der Waals surface area contributed by atoms with E-state index in [4.69, 9.17) is 4.74 Å². The molecule has 0 saturated carbocycles. The Kier molecular flexibility index (Phi) is 5.00. The van der Waals surface area contributed by atoms with Crippen molar-refractivity contribution in [1.29, 1.82) is 0 Å². The molecule has 0 aliphatic heterocycles. The highest BCUT2D eigenvalue weighted by molar-refractivity contribution is 5.77. The van der Waals surface area contributed by atoms with Crippen LogP contribution in [0.1, 0.15) is 44.4 Å². The van der Waals surface area contributed by atoms with Crippen molar-refractivity contribution in [2.45, 2.75) is 33.3 Å². The molecule has 106 valence electrons. The summed E-state index contributed by atoms with van der Waals surface area (Å²) >= 11 is 0. The minimum Gasteiger partial charge on any atom is -0.465 e. The third-order valence-corrected chi connectivity index (χ3v) is 2.99. The molecule has 3 nitrogen and oxygen atoms in total. The Hall–Kier alpha value is -1.49.